The number of aryl methyl sites for hydroxylation is 1. The highest BCUT2D eigenvalue weighted by Crippen LogP contribution is 2.25. The molecule has 3 rings (SSSR count). The second-order valence-electron chi connectivity index (χ2n) is 3.61. The number of imidazole rings is 1. The fourth-order valence-electron chi connectivity index (χ4n) is 1.78. The Morgan fingerprint density at radius 3 is 2.69 bits per heavy atom. The topological polar surface area (TPSA) is 17.3 Å². The Morgan fingerprint density at radius 1 is 1.25 bits per heavy atom. The molecule has 0 unspecified atom stereocenters. The summed E-state index contributed by atoms with van der Waals surface area (Å²) in [6, 6.07) is 6.44. The van der Waals surface area contributed by atoms with Crippen LogP contribution in [0.15, 0.2) is 35.8 Å². The predicted octanol–water partition coefficient (Wildman–Crippen LogP) is 3.51. The van der Waals surface area contributed by atoms with E-state index in [4.69, 9.17) is 0 Å². The van der Waals surface area contributed by atoms with Crippen molar-refractivity contribution in [1.29, 1.82) is 0 Å². The first-order chi connectivity index (χ1) is 7.75. The van der Waals surface area contributed by atoms with Crippen molar-refractivity contribution < 1.29 is 4.39 Å². The molecule has 2 heterocycles. The maximum Gasteiger partial charge on any atom is 0.194 e. The van der Waals surface area contributed by atoms with Gasteiger partial charge in [-0.05, 0) is 31.2 Å². The zero-order valence-electron chi connectivity index (χ0n) is 8.64. The van der Waals surface area contributed by atoms with Gasteiger partial charge in [0.05, 0.1) is 5.69 Å². The number of hydrogen-bond acceptors (Lipinski definition) is 2. The quantitative estimate of drug-likeness (QED) is 0.627. The molecule has 80 valence electrons. The first-order valence-corrected chi connectivity index (χ1v) is 5.82. The number of benzene rings is 1. The van der Waals surface area contributed by atoms with Crippen molar-refractivity contribution in [3.8, 4) is 11.3 Å². The van der Waals surface area contributed by atoms with Crippen LogP contribution in [0, 0.1) is 12.7 Å². The van der Waals surface area contributed by atoms with Crippen molar-refractivity contribution in [3.63, 3.8) is 0 Å². The summed E-state index contributed by atoms with van der Waals surface area (Å²) >= 11 is 1.60. The van der Waals surface area contributed by atoms with E-state index < -0.39 is 0 Å². The molecule has 0 aliphatic carbocycles. The predicted molar refractivity (Wildman–Crippen MR) is 63.2 cm³/mol. The number of rotatable bonds is 1. The second-order valence-corrected chi connectivity index (χ2v) is 4.48. The van der Waals surface area contributed by atoms with Crippen molar-refractivity contribution in [1.82, 2.24) is 9.38 Å². The summed E-state index contributed by atoms with van der Waals surface area (Å²) in [6.45, 7) is 2.02. The minimum Gasteiger partial charge on any atom is -0.294 e. The molecular weight excluding hydrogens is 223 g/mol. The van der Waals surface area contributed by atoms with Gasteiger partial charge in [0.15, 0.2) is 4.96 Å². The lowest BCUT2D eigenvalue weighted by Gasteiger charge is -1.98. The minimum absolute atomic E-state index is 0.220. The molecule has 2 nitrogen and oxygen atoms in total. The van der Waals surface area contributed by atoms with Gasteiger partial charge in [-0.2, -0.15) is 0 Å². The summed E-state index contributed by atoms with van der Waals surface area (Å²) < 4.78 is 14.9. The van der Waals surface area contributed by atoms with Crippen molar-refractivity contribution in [2.75, 3.05) is 0 Å². The molecule has 0 atom stereocenters. The molecule has 0 fully saturated rings. The minimum atomic E-state index is -0.220. The highest BCUT2D eigenvalue weighted by molar-refractivity contribution is 7.15. The molecule has 16 heavy (non-hydrogen) atoms. The molecule has 2 aromatic heterocycles. The summed E-state index contributed by atoms with van der Waals surface area (Å²) in [7, 11) is 0. The van der Waals surface area contributed by atoms with E-state index in [0.717, 1.165) is 21.9 Å². The lowest BCUT2D eigenvalue weighted by molar-refractivity contribution is 0.628. The van der Waals surface area contributed by atoms with Gasteiger partial charge in [-0.1, -0.05) is 0 Å². The highest BCUT2D eigenvalue weighted by Gasteiger charge is 2.10. The molecule has 0 aliphatic heterocycles. The Labute approximate surface area is 96.0 Å². The number of hydrogen-bond donors (Lipinski definition) is 0. The van der Waals surface area contributed by atoms with Crippen molar-refractivity contribution in [2.24, 2.45) is 0 Å². The first-order valence-electron chi connectivity index (χ1n) is 4.94. The lowest BCUT2D eigenvalue weighted by Crippen LogP contribution is -1.84. The van der Waals surface area contributed by atoms with E-state index in [1.54, 1.807) is 23.5 Å². The average Bonchev–Trinajstić information content (AvgIpc) is 2.84. The monoisotopic (exact) mass is 232 g/mol. The van der Waals surface area contributed by atoms with Gasteiger partial charge >= 0.3 is 0 Å². The zero-order valence-corrected chi connectivity index (χ0v) is 9.46. The number of nitrogens with zero attached hydrogens (tertiary/aromatic N) is 2. The van der Waals surface area contributed by atoms with Gasteiger partial charge in [0.2, 0.25) is 0 Å². The molecule has 4 heteroatoms. The number of aromatic nitrogens is 2. The fraction of sp³-hybridized carbons (Fsp3) is 0.0833. The summed E-state index contributed by atoms with van der Waals surface area (Å²) in [5, 5.41) is 2.00. The summed E-state index contributed by atoms with van der Waals surface area (Å²) in [6.07, 6.45) is 2.00. The van der Waals surface area contributed by atoms with Crippen molar-refractivity contribution >= 4 is 16.3 Å². The van der Waals surface area contributed by atoms with E-state index >= 15 is 0 Å². The van der Waals surface area contributed by atoms with E-state index in [9.17, 15) is 4.39 Å². The lowest BCUT2D eigenvalue weighted by atomic mass is 10.1. The SMILES string of the molecule is Cc1c(-c2ccc(F)cc2)nc2sccn12. The van der Waals surface area contributed by atoms with E-state index in [1.807, 2.05) is 22.9 Å². The van der Waals surface area contributed by atoms with Crippen LogP contribution < -0.4 is 0 Å². The van der Waals surface area contributed by atoms with Gasteiger partial charge in [-0.15, -0.1) is 11.3 Å². The van der Waals surface area contributed by atoms with E-state index in [0.29, 0.717) is 0 Å². The van der Waals surface area contributed by atoms with Crippen LogP contribution in [0.2, 0.25) is 0 Å². The molecule has 0 radical (unpaired) electrons. The van der Waals surface area contributed by atoms with Crippen LogP contribution in [0.3, 0.4) is 0 Å². The van der Waals surface area contributed by atoms with Crippen LogP contribution in [0.4, 0.5) is 4.39 Å². The molecule has 0 aliphatic rings. The maximum absolute atomic E-state index is 12.8. The van der Waals surface area contributed by atoms with Crippen LogP contribution in [0.5, 0.6) is 0 Å². The van der Waals surface area contributed by atoms with Crippen molar-refractivity contribution in [2.45, 2.75) is 6.92 Å². The molecule has 3 aromatic rings. The molecule has 0 amide bonds. The normalized spacial score (nSPS) is 11.1. The van der Waals surface area contributed by atoms with Gasteiger partial charge in [-0.3, -0.25) is 4.40 Å². The van der Waals surface area contributed by atoms with Crippen LogP contribution in [0.1, 0.15) is 5.69 Å². The molecule has 0 saturated carbocycles. The van der Waals surface area contributed by atoms with Crippen LogP contribution in [0.25, 0.3) is 16.2 Å². The molecule has 0 saturated heterocycles. The summed E-state index contributed by atoms with van der Waals surface area (Å²) in [5.74, 6) is -0.220. The third-order valence-corrected chi connectivity index (χ3v) is 3.38. The first kappa shape index (κ1) is 9.54. The molecule has 0 spiro atoms. The van der Waals surface area contributed by atoms with Gasteiger partial charge in [0.25, 0.3) is 0 Å². The Bertz CT molecular complexity index is 637. The number of halogens is 1. The highest BCUT2D eigenvalue weighted by atomic mass is 32.1. The summed E-state index contributed by atoms with van der Waals surface area (Å²) in [4.78, 5) is 5.50. The standard InChI is InChI=1S/C12H9FN2S/c1-8-11(9-2-4-10(13)5-3-9)14-12-15(8)6-7-16-12/h2-7H,1H3. The van der Waals surface area contributed by atoms with Gasteiger partial charge in [0, 0.05) is 22.8 Å². The van der Waals surface area contributed by atoms with Gasteiger partial charge in [-0.25, -0.2) is 9.37 Å². The third kappa shape index (κ3) is 1.34. The fourth-order valence-corrected chi connectivity index (χ4v) is 2.54. The van der Waals surface area contributed by atoms with E-state index in [1.165, 1.54) is 12.1 Å². The largest absolute Gasteiger partial charge is 0.294 e. The van der Waals surface area contributed by atoms with E-state index in [-0.39, 0.29) is 5.82 Å². The Morgan fingerprint density at radius 2 is 2.00 bits per heavy atom. The number of thiazole rings is 1. The average molecular weight is 232 g/mol. The zero-order chi connectivity index (χ0) is 11.1. The van der Waals surface area contributed by atoms with Gasteiger partial charge in [0.1, 0.15) is 5.82 Å². The second kappa shape index (κ2) is 3.42. The van der Waals surface area contributed by atoms with Crippen LogP contribution in [-0.4, -0.2) is 9.38 Å². The van der Waals surface area contributed by atoms with Gasteiger partial charge < -0.3 is 0 Å². The smallest absolute Gasteiger partial charge is 0.194 e. The van der Waals surface area contributed by atoms with E-state index in [2.05, 4.69) is 4.98 Å². The van der Waals surface area contributed by atoms with Crippen LogP contribution >= 0.6 is 11.3 Å². The maximum atomic E-state index is 12.8. The van der Waals surface area contributed by atoms with Crippen LogP contribution in [-0.2, 0) is 0 Å². The number of fused-ring (bicyclic) bond motifs is 1. The Kier molecular flexibility index (Phi) is 2.04. The van der Waals surface area contributed by atoms with Crippen molar-refractivity contribution in [3.05, 3.63) is 47.4 Å². The summed E-state index contributed by atoms with van der Waals surface area (Å²) in [5.41, 5.74) is 2.96. The molecular formula is C12H9FN2S. The Balaban J connectivity index is 2.21. The molecule has 1 aromatic carbocycles. The third-order valence-electron chi connectivity index (χ3n) is 2.62. The molecule has 0 N–H and O–H groups in total. The Hall–Kier alpha value is -1.68. The molecule has 0 bridgehead atoms.